The fourth-order valence-corrected chi connectivity index (χ4v) is 7.99. The van der Waals surface area contributed by atoms with Crippen LogP contribution >= 0.6 is 27.7 Å². The van der Waals surface area contributed by atoms with Crippen LogP contribution in [0.3, 0.4) is 0 Å². The highest BCUT2D eigenvalue weighted by Crippen LogP contribution is 2.60. The molecule has 6 rings (SSSR count). The van der Waals surface area contributed by atoms with Gasteiger partial charge in [-0.3, -0.25) is 24.1 Å². The van der Waals surface area contributed by atoms with Gasteiger partial charge < -0.3 is 14.2 Å². The smallest absolute Gasteiger partial charge is 0.326 e. The largest absolute Gasteiger partial charge is 0.493 e. The quantitative estimate of drug-likeness (QED) is 0.248. The number of carbonyl (C=O) groups excluding carboxylic acids is 4. The van der Waals surface area contributed by atoms with E-state index in [-0.39, 0.29) is 17.5 Å². The number of amides is 2. The molecule has 1 aliphatic heterocycles. The van der Waals surface area contributed by atoms with Gasteiger partial charge in [0.1, 0.15) is 6.54 Å². The van der Waals surface area contributed by atoms with Crippen LogP contribution in [-0.4, -0.2) is 48.2 Å². The summed E-state index contributed by atoms with van der Waals surface area (Å²) >= 11 is 4.25. The van der Waals surface area contributed by atoms with Crippen LogP contribution in [0.25, 0.3) is 6.08 Å². The molecule has 0 aromatic heterocycles. The van der Waals surface area contributed by atoms with Gasteiger partial charge in [0.15, 0.2) is 11.5 Å². The summed E-state index contributed by atoms with van der Waals surface area (Å²) in [6, 6.07) is 3.37. The van der Waals surface area contributed by atoms with Gasteiger partial charge in [-0.05, 0) is 115 Å². The van der Waals surface area contributed by atoms with E-state index in [1.807, 2.05) is 0 Å². The first kappa shape index (κ1) is 25.3. The maximum atomic E-state index is 13.5. The molecule has 0 N–H and O–H groups in total. The second-order valence-corrected chi connectivity index (χ2v) is 12.0. The molecule has 4 aliphatic carbocycles. The van der Waals surface area contributed by atoms with E-state index in [0.29, 0.717) is 39.3 Å². The highest BCUT2D eigenvalue weighted by atomic mass is 79.9. The van der Waals surface area contributed by atoms with Gasteiger partial charge in [0.25, 0.3) is 11.1 Å². The number of carbonyl (C=O) groups is 4. The Bertz CT molecular complexity index is 1130. The van der Waals surface area contributed by atoms with Crippen LogP contribution in [0.15, 0.2) is 21.5 Å². The van der Waals surface area contributed by atoms with Crippen molar-refractivity contribution in [1.82, 2.24) is 4.90 Å². The van der Waals surface area contributed by atoms with Crippen molar-refractivity contribution in [3.8, 4) is 11.5 Å². The SMILES string of the molecule is CCOC(=O)CN1C(=O)S/C(=C\c2cc(Br)c(OC(=O)C34CC5CC(CC(C5)C3)C4)c(OC)c2)C1=O. The lowest BCUT2D eigenvalue weighted by molar-refractivity contribution is -0.161. The Hall–Kier alpha value is -2.33. The van der Waals surface area contributed by atoms with Crippen LogP contribution in [-0.2, 0) is 19.1 Å². The van der Waals surface area contributed by atoms with Crippen molar-refractivity contribution in [1.29, 1.82) is 0 Å². The Labute approximate surface area is 222 Å². The standard InChI is InChI=1S/C26H28BrNO7S/c1-3-34-21(29)13-28-23(30)20(36-25(28)32)9-14-7-18(27)22(19(8-14)33-2)35-24(31)26-10-15-4-16(11-26)6-17(5-15)12-26/h7-9,15-17H,3-6,10-13H2,1-2H3/b20-9-. The third kappa shape index (κ3) is 4.69. The number of hydrogen-bond donors (Lipinski definition) is 0. The Kier molecular flexibility index (Phi) is 6.93. The second kappa shape index (κ2) is 9.85. The number of thioether (sulfide) groups is 1. The lowest BCUT2D eigenvalue weighted by Crippen LogP contribution is -2.51. The molecule has 1 heterocycles. The maximum absolute atomic E-state index is 13.5. The Morgan fingerprint density at radius 2 is 1.78 bits per heavy atom. The van der Waals surface area contributed by atoms with Crippen LogP contribution < -0.4 is 9.47 Å². The lowest BCUT2D eigenvalue weighted by atomic mass is 9.49. The van der Waals surface area contributed by atoms with Crippen molar-refractivity contribution in [2.24, 2.45) is 23.2 Å². The molecule has 0 spiro atoms. The molecule has 8 nitrogen and oxygen atoms in total. The van der Waals surface area contributed by atoms with Crippen LogP contribution in [0, 0.1) is 23.2 Å². The molecule has 4 bridgehead atoms. The molecule has 1 aromatic carbocycles. The van der Waals surface area contributed by atoms with Crippen LogP contribution in [0.1, 0.15) is 51.0 Å². The van der Waals surface area contributed by atoms with E-state index in [2.05, 4.69) is 15.9 Å². The van der Waals surface area contributed by atoms with E-state index in [9.17, 15) is 19.2 Å². The molecule has 5 aliphatic rings. The van der Waals surface area contributed by atoms with Crippen molar-refractivity contribution in [2.45, 2.75) is 45.4 Å². The van der Waals surface area contributed by atoms with E-state index in [4.69, 9.17) is 14.2 Å². The summed E-state index contributed by atoms with van der Waals surface area (Å²) in [6.45, 7) is 1.39. The number of nitrogens with zero attached hydrogens (tertiary/aromatic N) is 1. The predicted octanol–water partition coefficient (Wildman–Crippen LogP) is 5.18. The number of ether oxygens (including phenoxy) is 3. The predicted molar refractivity (Wildman–Crippen MR) is 136 cm³/mol. The first-order valence-corrected chi connectivity index (χ1v) is 13.8. The minimum absolute atomic E-state index is 0.165. The van der Waals surface area contributed by atoms with Gasteiger partial charge >= 0.3 is 11.9 Å². The Balaban J connectivity index is 1.35. The average Bonchev–Trinajstić information content (AvgIpc) is 3.07. The van der Waals surface area contributed by atoms with E-state index < -0.39 is 29.1 Å². The van der Waals surface area contributed by atoms with E-state index in [1.165, 1.54) is 26.4 Å². The van der Waals surface area contributed by atoms with E-state index in [1.54, 1.807) is 25.1 Å². The second-order valence-electron chi connectivity index (χ2n) is 10.2. The topological polar surface area (TPSA) is 99.2 Å². The lowest BCUT2D eigenvalue weighted by Gasteiger charge is -2.55. The number of methoxy groups -OCH3 is 1. The summed E-state index contributed by atoms with van der Waals surface area (Å²) < 4.78 is 16.9. The van der Waals surface area contributed by atoms with Crippen molar-refractivity contribution >= 4 is 56.9 Å². The Morgan fingerprint density at radius 1 is 1.14 bits per heavy atom. The zero-order chi connectivity index (χ0) is 25.6. The van der Waals surface area contributed by atoms with Gasteiger partial charge in [-0.2, -0.15) is 0 Å². The fraction of sp³-hybridized carbons (Fsp3) is 0.538. The summed E-state index contributed by atoms with van der Waals surface area (Å²) in [6.07, 6.45) is 7.96. The Morgan fingerprint density at radius 3 is 2.36 bits per heavy atom. The van der Waals surface area contributed by atoms with Gasteiger partial charge in [-0.15, -0.1) is 0 Å². The fourth-order valence-electron chi connectivity index (χ4n) is 6.61. The number of imide groups is 1. The number of hydrogen-bond acceptors (Lipinski definition) is 8. The van der Waals surface area contributed by atoms with Gasteiger partial charge in [-0.1, -0.05) is 0 Å². The zero-order valence-electron chi connectivity index (χ0n) is 20.2. The molecule has 0 atom stereocenters. The highest BCUT2D eigenvalue weighted by molar-refractivity contribution is 9.10. The number of halogens is 1. The molecule has 10 heteroatoms. The third-order valence-electron chi connectivity index (χ3n) is 7.68. The first-order valence-electron chi connectivity index (χ1n) is 12.2. The maximum Gasteiger partial charge on any atom is 0.326 e. The van der Waals surface area contributed by atoms with Crippen LogP contribution in [0.5, 0.6) is 11.5 Å². The summed E-state index contributed by atoms with van der Waals surface area (Å²) in [5, 5.41) is -0.536. The molecule has 36 heavy (non-hydrogen) atoms. The van der Waals surface area contributed by atoms with Crippen molar-refractivity contribution in [3.63, 3.8) is 0 Å². The molecule has 2 amide bonds. The summed E-state index contributed by atoms with van der Waals surface area (Å²) in [4.78, 5) is 51.2. The molecule has 1 saturated heterocycles. The van der Waals surface area contributed by atoms with Gasteiger partial charge in [-0.25, -0.2) is 0 Å². The molecule has 0 radical (unpaired) electrons. The van der Waals surface area contributed by atoms with E-state index in [0.717, 1.165) is 35.9 Å². The number of rotatable bonds is 7. The normalized spacial score (nSPS) is 29.7. The number of benzene rings is 1. The molecule has 1 aromatic rings. The zero-order valence-corrected chi connectivity index (χ0v) is 22.6. The van der Waals surface area contributed by atoms with Crippen molar-refractivity contribution in [3.05, 3.63) is 27.1 Å². The molecule has 192 valence electrons. The molecular weight excluding hydrogens is 550 g/mol. The highest BCUT2D eigenvalue weighted by Gasteiger charge is 2.55. The van der Waals surface area contributed by atoms with Gasteiger partial charge in [0, 0.05) is 0 Å². The summed E-state index contributed by atoms with van der Waals surface area (Å²) in [7, 11) is 1.49. The number of esters is 2. The summed E-state index contributed by atoms with van der Waals surface area (Å²) in [5.74, 6) is 1.13. The molecule has 4 saturated carbocycles. The molecule has 5 fully saturated rings. The first-order chi connectivity index (χ1) is 17.2. The van der Waals surface area contributed by atoms with Crippen molar-refractivity contribution in [2.75, 3.05) is 20.3 Å². The monoisotopic (exact) mass is 577 g/mol. The third-order valence-corrected chi connectivity index (χ3v) is 9.18. The van der Waals surface area contributed by atoms with Crippen molar-refractivity contribution < 1.29 is 33.4 Å². The van der Waals surface area contributed by atoms with Crippen LogP contribution in [0.2, 0.25) is 0 Å². The van der Waals surface area contributed by atoms with E-state index >= 15 is 0 Å². The average molecular weight is 578 g/mol. The van der Waals surface area contributed by atoms with Gasteiger partial charge in [0.2, 0.25) is 0 Å². The summed E-state index contributed by atoms with van der Waals surface area (Å²) in [5.41, 5.74) is 0.171. The minimum Gasteiger partial charge on any atom is -0.493 e. The molecule has 0 unspecified atom stereocenters. The van der Waals surface area contributed by atoms with Crippen LogP contribution in [0.4, 0.5) is 4.79 Å². The van der Waals surface area contributed by atoms with Gasteiger partial charge in [0.05, 0.1) is 28.5 Å². The molecular formula is C26H28BrNO7S. The minimum atomic E-state index is -0.643.